The van der Waals surface area contributed by atoms with Crippen LogP contribution in [0, 0.1) is 12.7 Å². The number of aromatic hydroxyl groups is 1. The summed E-state index contributed by atoms with van der Waals surface area (Å²) < 4.78 is 56.8. The van der Waals surface area contributed by atoms with Crippen LogP contribution in [0.5, 0.6) is 5.75 Å². The third kappa shape index (κ3) is 6.95. The van der Waals surface area contributed by atoms with Crippen LogP contribution in [0.25, 0.3) is 16.9 Å². The normalized spacial score (nSPS) is 17.3. The van der Waals surface area contributed by atoms with Gasteiger partial charge in [-0.1, -0.05) is 24.6 Å². The number of nitrogens with one attached hydrogen (secondary N) is 1. The van der Waals surface area contributed by atoms with E-state index in [0.29, 0.717) is 17.8 Å². The number of piperazine rings is 1. The fourth-order valence-electron chi connectivity index (χ4n) is 7.09. The number of aromatic nitrogens is 6. The predicted molar refractivity (Wildman–Crippen MR) is 194 cm³/mol. The van der Waals surface area contributed by atoms with Gasteiger partial charge in [0.1, 0.15) is 23.9 Å². The van der Waals surface area contributed by atoms with Crippen LogP contribution in [-0.4, -0.2) is 96.5 Å². The zero-order valence-electron chi connectivity index (χ0n) is 30.0. The molecule has 55 heavy (non-hydrogen) atoms. The van der Waals surface area contributed by atoms with Gasteiger partial charge in [0.05, 0.1) is 33.3 Å². The van der Waals surface area contributed by atoms with Gasteiger partial charge in [0.25, 0.3) is 5.91 Å². The maximum atomic E-state index is 15.2. The number of benzene rings is 2. The highest BCUT2D eigenvalue weighted by molar-refractivity contribution is 6.33. The molecule has 2 amide bonds. The van der Waals surface area contributed by atoms with E-state index < -0.39 is 46.8 Å². The average molecular weight is 783 g/mol. The van der Waals surface area contributed by atoms with Crippen molar-refractivity contribution in [3.8, 4) is 11.4 Å². The molecule has 5 heterocycles. The minimum atomic E-state index is -4.64. The lowest BCUT2D eigenvalue weighted by atomic mass is 10.0. The Kier molecular flexibility index (Phi) is 9.75. The third-order valence-electron chi connectivity index (χ3n) is 9.81. The first-order valence-electron chi connectivity index (χ1n) is 17.2. The van der Waals surface area contributed by atoms with Crippen molar-refractivity contribution in [1.82, 2.24) is 39.3 Å². The number of hydrogen-bond donors (Lipinski definition) is 2. The number of amides is 2. The number of anilines is 2. The number of pyridine rings is 1. The van der Waals surface area contributed by atoms with E-state index in [-0.39, 0.29) is 83.0 Å². The Morgan fingerprint density at radius 1 is 1.05 bits per heavy atom. The maximum absolute atomic E-state index is 15.2. The van der Waals surface area contributed by atoms with E-state index in [1.807, 2.05) is 11.8 Å². The zero-order valence-corrected chi connectivity index (χ0v) is 30.8. The molecule has 19 heteroatoms. The number of nitrogens with zero attached hydrogens (tertiary/aromatic N) is 9. The second-order valence-corrected chi connectivity index (χ2v) is 14.3. The monoisotopic (exact) mass is 782 g/mol. The summed E-state index contributed by atoms with van der Waals surface area (Å²) in [6.07, 6.45) is -3.27. The lowest BCUT2D eigenvalue weighted by Crippen LogP contribution is -2.50. The quantitative estimate of drug-likeness (QED) is 0.218. The number of halogens is 5. The van der Waals surface area contributed by atoms with Gasteiger partial charge >= 0.3 is 6.18 Å². The third-order valence-corrected chi connectivity index (χ3v) is 10.1. The Morgan fingerprint density at radius 3 is 2.44 bits per heavy atom. The Labute approximate surface area is 315 Å². The number of aryl methyl sites for hydroxylation is 1. The van der Waals surface area contributed by atoms with E-state index in [0.717, 1.165) is 23.0 Å². The Hall–Kier alpha value is -5.62. The molecular weight excluding hydrogens is 748 g/mol. The van der Waals surface area contributed by atoms with Crippen molar-refractivity contribution >= 4 is 46.0 Å². The van der Waals surface area contributed by atoms with Crippen molar-refractivity contribution in [3.63, 3.8) is 0 Å². The summed E-state index contributed by atoms with van der Waals surface area (Å²) in [6.45, 7) is 4.44. The number of alkyl halides is 3. The molecular formula is C36H35ClF4N10O4. The molecule has 288 valence electrons. The van der Waals surface area contributed by atoms with Crippen LogP contribution in [0.15, 0.2) is 47.5 Å². The van der Waals surface area contributed by atoms with Crippen LogP contribution in [0.2, 0.25) is 5.02 Å². The van der Waals surface area contributed by atoms with Crippen molar-refractivity contribution < 1.29 is 32.3 Å². The second kappa shape index (κ2) is 14.2. The molecule has 3 aromatic heterocycles. The highest BCUT2D eigenvalue weighted by Crippen LogP contribution is 2.43. The number of hydrogen-bond acceptors (Lipinski definition) is 10. The van der Waals surface area contributed by atoms with Gasteiger partial charge in [0.2, 0.25) is 11.3 Å². The molecule has 7 rings (SSSR count). The topological polar surface area (TPSA) is 155 Å². The van der Waals surface area contributed by atoms with E-state index in [2.05, 4.69) is 25.5 Å². The van der Waals surface area contributed by atoms with Crippen LogP contribution in [0.4, 0.5) is 28.9 Å². The molecule has 0 aliphatic carbocycles. The SMILES string of the molecule is Cc1ncnc(C(=O)N2CCN(c3c4n(c5nn(-c6ccc(CN(C)C)c(F)c6)nc5c3=O)C(C(=O)Nc3ccc(C(F)(F)F)cc3Cl)CC4C)CC2)c1O. The molecule has 0 radical (unpaired) electrons. The van der Waals surface area contributed by atoms with Crippen molar-refractivity contribution in [3.05, 3.63) is 92.0 Å². The molecule has 1 fully saturated rings. The van der Waals surface area contributed by atoms with Gasteiger partial charge in [-0.3, -0.25) is 14.4 Å². The predicted octanol–water partition coefficient (Wildman–Crippen LogP) is 4.91. The molecule has 2 aromatic carbocycles. The molecule has 1 saturated heterocycles. The lowest BCUT2D eigenvalue weighted by Gasteiger charge is -2.36. The molecule has 2 N–H and O–H groups in total. The van der Waals surface area contributed by atoms with Gasteiger partial charge in [-0.2, -0.15) is 13.2 Å². The molecule has 14 nitrogen and oxygen atoms in total. The number of fused-ring (bicyclic) bond motifs is 3. The van der Waals surface area contributed by atoms with Gasteiger partial charge in [-0.25, -0.2) is 14.4 Å². The Bertz CT molecular complexity index is 2410. The fourth-order valence-corrected chi connectivity index (χ4v) is 7.32. The van der Waals surface area contributed by atoms with Gasteiger partial charge < -0.3 is 29.7 Å². The van der Waals surface area contributed by atoms with Gasteiger partial charge in [0.15, 0.2) is 22.6 Å². The first-order chi connectivity index (χ1) is 26.0. The highest BCUT2D eigenvalue weighted by atomic mass is 35.5. The van der Waals surface area contributed by atoms with Crippen molar-refractivity contribution in [2.75, 3.05) is 50.5 Å². The van der Waals surface area contributed by atoms with E-state index in [4.69, 9.17) is 11.6 Å². The molecule has 2 aliphatic heterocycles. The Balaban J connectivity index is 1.29. The van der Waals surface area contributed by atoms with Crippen molar-refractivity contribution in [2.45, 2.75) is 44.9 Å². The molecule has 5 aromatic rings. The highest BCUT2D eigenvalue weighted by Gasteiger charge is 2.41. The van der Waals surface area contributed by atoms with Gasteiger partial charge in [-0.15, -0.1) is 15.0 Å². The molecule has 0 spiro atoms. The largest absolute Gasteiger partial charge is 0.504 e. The summed E-state index contributed by atoms with van der Waals surface area (Å²) in [5.41, 5.74) is -0.0656. The summed E-state index contributed by atoms with van der Waals surface area (Å²) in [5, 5.41) is 21.9. The molecule has 2 aliphatic rings. The lowest BCUT2D eigenvalue weighted by molar-refractivity contribution is -0.137. The smallest absolute Gasteiger partial charge is 0.416 e. The number of carbonyl (C=O) groups excluding carboxylic acids is 2. The summed E-state index contributed by atoms with van der Waals surface area (Å²) in [5.74, 6) is -2.35. The van der Waals surface area contributed by atoms with Crippen LogP contribution in [0.3, 0.4) is 0 Å². The van der Waals surface area contributed by atoms with E-state index in [1.165, 1.54) is 17.3 Å². The minimum absolute atomic E-state index is 0.0408. The molecule has 2 atom stereocenters. The Morgan fingerprint density at radius 2 is 1.78 bits per heavy atom. The second-order valence-electron chi connectivity index (χ2n) is 13.9. The van der Waals surface area contributed by atoms with Crippen LogP contribution in [0.1, 0.15) is 58.3 Å². The molecule has 2 unspecified atom stereocenters. The van der Waals surface area contributed by atoms with E-state index in [1.54, 1.807) is 42.6 Å². The maximum Gasteiger partial charge on any atom is 0.416 e. The number of carbonyl (C=O) groups is 2. The van der Waals surface area contributed by atoms with Crippen LogP contribution < -0.4 is 15.6 Å². The van der Waals surface area contributed by atoms with Gasteiger partial charge in [-0.05, 0) is 51.7 Å². The molecule has 0 saturated carbocycles. The van der Waals surface area contributed by atoms with Crippen molar-refractivity contribution in [1.29, 1.82) is 0 Å². The number of rotatable bonds is 7. The standard InChI is InChI=1S/C36H35ClF4N10O4/c1-18-13-26(34(54)44-25-8-6-21(14-23(25)37)36(39,40)41)50-29(18)30(48-9-11-49(12-10-48)35(55)28-31(52)19(2)42-17-43-28)32(53)27-33(50)46-51(45-27)22-7-5-20(16-47(3)4)24(38)15-22/h5-8,14-15,17-18,26,52H,9-13,16H2,1-4H3,(H,44,54). The molecule has 0 bridgehead atoms. The fraction of sp³-hybridized carbons (Fsp3) is 0.361. The van der Waals surface area contributed by atoms with Crippen molar-refractivity contribution in [2.24, 2.45) is 0 Å². The minimum Gasteiger partial charge on any atom is -0.504 e. The van der Waals surface area contributed by atoms with Crippen LogP contribution in [-0.2, 0) is 17.5 Å². The first kappa shape index (κ1) is 37.7. The van der Waals surface area contributed by atoms with E-state index >= 15 is 4.39 Å². The summed E-state index contributed by atoms with van der Waals surface area (Å²) in [7, 11) is 3.61. The zero-order chi connectivity index (χ0) is 39.5. The van der Waals surface area contributed by atoms with E-state index in [9.17, 15) is 32.7 Å². The van der Waals surface area contributed by atoms with Crippen LogP contribution >= 0.6 is 11.6 Å². The summed E-state index contributed by atoms with van der Waals surface area (Å²) >= 11 is 6.19. The van der Waals surface area contributed by atoms with Gasteiger partial charge in [0, 0.05) is 50.3 Å². The summed E-state index contributed by atoms with van der Waals surface area (Å²) in [4.78, 5) is 56.0. The average Bonchev–Trinajstić information content (AvgIpc) is 3.73. The summed E-state index contributed by atoms with van der Waals surface area (Å²) in [6, 6.07) is 6.05. The first-order valence-corrected chi connectivity index (χ1v) is 17.6.